The summed E-state index contributed by atoms with van der Waals surface area (Å²) in [4.78, 5) is 23.3. The Labute approximate surface area is 141 Å². The normalized spacial score (nSPS) is 10.5. The first kappa shape index (κ1) is 16.8. The van der Waals surface area contributed by atoms with Crippen molar-refractivity contribution in [1.82, 2.24) is 5.43 Å². The van der Waals surface area contributed by atoms with E-state index in [9.17, 15) is 14.7 Å². The summed E-state index contributed by atoms with van der Waals surface area (Å²) in [5, 5.41) is 16.1. The van der Waals surface area contributed by atoms with Crippen LogP contribution in [0.2, 0.25) is 10.0 Å². The molecule has 0 fully saturated rings. The Bertz CT molecular complexity index is 758. The predicted octanol–water partition coefficient (Wildman–Crippen LogP) is 2.79. The van der Waals surface area contributed by atoms with Crippen LogP contribution >= 0.6 is 23.2 Å². The zero-order chi connectivity index (χ0) is 16.8. The number of hydrogen-bond donors (Lipinski definition) is 3. The van der Waals surface area contributed by atoms with Crippen molar-refractivity contribution in [2.24, 2.45) is 5.10 Å². The van der Waals surface area contributed by atoms with Crippen LogP contribution < -0.4 is 10.7 Å². The predicted molar refractivity (Wildman–Crippen MR) is 88.9 cm³/mol. The number of benzene rings is 2. The summed E-state index contributed by atoms with van der Waals surface area (Å²) in [6.07, 6.45) is 1.22. The number of carbonyl (C=O) groups is 2. The van der Waals surface area contributed by atoms with E-state index >= 15 is 0 Å². The van der Waals surface area contributed by atoms with E-state index < -0.39 is 11.8 Å². The average Bonchev–Trinajstić information content (AvgIpc) is 2.48. The number of rotatable bonds is 3. The Morgan fingerprint density at radius 3 is 2.35 bits per heavy atom. The van der Waals surface area contributed by atoms with E-state index in [0.29, 0.717) is 15.6 Å². The molecule has 2 aromatic rings. The van der Waals surface area contributed by atoms with Gasteiger partial charge < -0.3 is 10.4 Å². The number of phenols is 1. The largest absolute Gasteiger partial charge is 0.507 e. The van der Waals surface area contributed by atoms with Gasteiger partial charge in [-0.2, -0.15) is 5.10 Å². The summed E-state index contributed by atoms with van der Waals surface area (Å²) >= 11 is 11.6. The first-order valence-electron chi connectivity index (χ1n) is 6.34. The van der Waals surface area contributed by atoms with Crippen LogP contribution in [0.3, 0.4) is 0 Å². The van der Waals surface area contributed by atoms with E-state index in [-0.39, 0.29) is 11.4 Å². The van der Waals surface area contributed by atoms with Crippen molar-refractivity contribution in [2.45, 2.75) is 0 Å². The van der Waals surface area contributed by atoms with Crippen molar-refractivity contribution in [3.63, 3.8) is 0 Å². The highest BCUT2D eigenvalue weighted by molar-refractivity contribution is 6.40. The summed E-state index contributed by atoms with van der Waals surface area (Å²) in [7, 11) is 0. The van der Waals surface area contributed by atoms with Crippen molar-refractivity contribution in [3.05, 3.63) is 58.1 Å². The van der Waals surface area contributed by atoms with Gasteiger partial charge in [0.15, 0.2) is 0 Å². The number of anilines is 1. The molecule has 2 amide bonds. The molecule has 0 aliphatic heterocycles. The zero-order valence-corrected chi connectivity index (χ0v) is 13.1. The number of nitrogens with one attached hydrogen (secondary N) is 2. The third kappa shape index (κ3) is 4.98. The molecule has 0 saturated heterocycles. The SMILES string of the molecule is O=C(N/N=C/c1ccccc1O)C(=O)Nc1cc(Cl)cc(Cl)c1. The Hall–Kier alpha value is -2.57. The standard InChI is InChI=1S/C15H11Cl2N3O3/c16-10-5-11(17)7-12(6-10)19-14(22)15(23)20-18-8-9-3-1-2-4-13(9)21/h1-8,21H,(H,19,22)(H,20,23)/b18-8+. The molecule has 0 bridgehead atoms. The van der Waals surface area contributed by atoms with Crippen molar-refractivity contribution < 1.29 is 14.7 Å². The summed E-state index contributed by atoms with van der Waals surface area (Å²) in [6.45, 7) is 0. The molecule has 0 unspecified atom stereocenters. The molecule has 8 heteroatoms. The van der Waals surface area contributed by atoms with Crippen LogP contribution in [-0.2, 0) is 9.59 Å². The van der Waals surface area contributed by atoms with Crippen LogP contribution in [-0.4, -0.2) is 23.1 Å². The van der Waals surface area contributed by atoms with Gasteiger partial charge in [0, 0.05) is 21.3 Å². The first-order chi connectivity index (χ1) is 11.0. The third-order valence-corrected chi connectivity index (χ3v) is 3.07. The molecule has 0 atom stereocenters. The van der Waals surface area contributed by atoms with Gasteiger partial charge in [-0.25, -0.2) is 5.43 Å². The lowest BCUT2D eigenvalue weighted by Gasteiger charge is -2.05. The third-order valence-electron chi connectivity index (χ3n) is 2.63. The number of amides is 2. The number of nitrogens with zero attached hydrogens (tertiary/aromatic N) is 1. The van der Waals surface area contributed by atoms with Crippen molar-refractivity contribution >= 4 is 46.9 Å². The fraction of sp³-hybridized carbons (Fsp3) is 0. The van der Waals surface area contributed by atoms with Crippen LogP contribution in [0.25, 0.3) is 0 Å². The summed E-state index contributed by atoms with van der Waals surface area (Å²) in [5.74, 6) is -1.91. The lowest BCUT2D eigenvalue weighted by Crippen LogP contribution is -2.32. The molecule has 3 N–H and O–H groups in total. The molecule has 0 aliphatic rings. The molecule has 0 saturated carbocycles. The van der Waals surface area contributed by atoms with Gasteiger partial charge in [-0.05, 0) is 30.3 Å². The second-order valence-electron chi connectivity index (χ2n) is 4.37. The average molecular weight is 352 g/mol. The van der Waals surface area contributed by atoms with E-state index in [4.69, 9.17) is 23.2 Å². The zero-order valence-electron chi connectivity index (χ0n) is 11.6. The van der Waals surface area contributed by atoms with E-state index in [1.54, 1.807) is 18.2 Å². The molecule has 0 spiro atoms. The fourth-order valence-corrected chi connectivity index (χ4v) is 2.15. The first-order valence-corrected chi connectivity index (χ1v) is 7.10. The minimum Gasteiger partial charge on any atom is -0.507 e. The maximum atomic E-state index is 11.7. The van der Waals surface area contributed by atoms with Gasteiger partial charge in [0.25, 0.3) is 0 Å². The molecule has 2 rings (SSSR count). The molecule has 6 nitrogen and oxygen atoms in total. The number of phenolic OH excluding ortho intramolecular Hbond substituents is 1. The lowest BCUT2D eigenvalue weighted by molar-refractivity contribution is -0.136. The monoisotopic (exact) mass is 351 g/mol. The minimum atomic E-state index is -0.979. The second-order valence-corrected chi connectivity index (χ2v) is 5.24. The Morgan fingerprint density at radius 2 is 1.70 bits per heavy atom. The molecular formula is C15H11Cl2N3O3. The molecule has 118 valence electrons. The van der Waals surface area contributed by atoms with Crippen molar-refractivity contribution in [2.75, 3.05) is 5.32 Å². The second kappa shape index (κ2) is 7.62. The van der Waals surface area contributed by atoms with E-state index in [1.807, 2.05) is 5.43 Å². The van der Waals surface area contributed by atoms with Gasteiger partial charge in [0.05, 0.1) is 6.21 Å². The number of aromatic hydroxyl groups is 1. The molecule has 0 heterocycles. The highest BCUT2D eigenvalue weighted by Gasteiger charge is 2.13. The van der Waals surface area contributed by atoms with Gasteiger partial charge in [0.1, 0.15) is 5.75 Å². The fourth-order valence-electron chi connectivity index (χ4n) is 1.62. The number of hydrogen-bond acceptors (Lipinski definition) is 4. The van der Waals surface area contributed by atoms with Crippen LogP contribution in [0.15, 0.2) is 47.6 Å². The summed E-state index contributed by atoms with van der Waals surface area (Å²) < 4.78 is 0. The summed E-state index contributed by atoms with van der Waals surface area (Å²) in [5.41, 5.74) is 2.73. The minimum absolute atomic E-state index is 0.00326. The molecule has 23 heavy (non-hydrogen) atoms. The quantitative estimate of drug-likeness (QED) is 0.451. The maximum Gasteiger partial charge on any atom is 0.329 e. The molecule has 0 aromatic heterocycles. The van der Waals surface area contributed by atoms with Crippen molar-refractivity contribution in [3.8, 4) is 5.75 Å². The Balaban J connectivity index is 1.95. The maximum absolute atomic E-state index is 11.7. The molecule has 0 radical (unpaired) electrons. The molecule has 2 aromatic carbocycles. The highest BCUT2D eigenvalue weighted by atomic mass is 35.5. The van der Waals surface area contributed by atoms with Crippen LogP contribution in [0.4, 0.5) is 5.69 Å². The molecule has 0 aliphatic carbocycles. The van der Waals surface area contributed by atoms with E-state index in [2.05, 4.69) is 10.4 Å². The number of halogens is 2. The number of carbonyl (C=O) groups excluding carboxylic acids is 2. The number of hydrazone groups is 1. The Kier molecular flexibility index (Phi) is 5.56. The van der Waals surface area contributed by atoms with Gasteiger partial charge in [-0.3, -0.25) is 9.59 Å². The molecular weight excluding hydrogens is 341 g/mol. The number of para-hydroxylation sites is 1. The van der Waals surface area contributed by atoms with Crippen LogP contribution in [0.1, 0.15) is 5.56 Å². The van der Waals surface area contributed by atoms with E-state index in [1.165, 1.54) is 30.5 Å². The highest BCUT2D eigenvalue weighted by Crippen LogP contribution is 2.22. The topological polar surface area (TPSA) is 90.8 Å². The van der Waals surface area contributed by atoms with Crippen molar-refractivity contribution in [1.29, 1.82) is 0 Å². The van der Waals surface area contributed by atoms with E-state index in [0.717, 1.165) is 0 Å². The summed E-state index contributed by atoms with van der Waals surface area (Å²) in [6, 6.07) is 10.8. The van der Waals surface area contributed by atoms with Gasteiger partial charge >= 0.3 is 11.8 Å². The van der Waals surface area contributed by atoms with Gasteiger partial charge in [0.2, 0.25) is 0 Å². The Morgan fingerprint density at radius 1 is 1.04 bits per heavy atom. The van der Waals surface area contributed by atoms with Gasteiger partial charge in [-0.1, -0.05) is 35.3 Å². The lowest BCUT2D eigenvalue weighted by atomic mass is 10.2. The van der Waals surface area contributed by atoms with Gasteiger partial charge in [-0.15, -0.1) is 0 Å². The van der Waals surface area contributed by atoms with Crippen LogP contribution in [0.5, 0.6) is 5.75 Å². The van der Waals surface area contributed by atoms with Crippen LogP contribution in [0, 0.1) is 0 Å². The smallest absolute Gasteiger partial charge is 0.329 e.